The van der Waals surface area contributed by atoms with E-state index in [1.54, 1.807) is 18.3 Å². The molecule has 2 N–H and O–H groups in total. The number of carboxylic acid groups (broad SMARTS) is 1. The van der Waals surface area contributed by atoms with Crippen LogP contribution in [0.15, 0.2) is 18.3 Å². The first kappa shape index (κ1) is 11.8. The lowest BCUT2D eigenvalue weighted by atomic mass is 10.2. The maximum Gasteiger partial charge on any atom is 0.303 e. The van der Waals surface area contributed by atoms with Crippen LogP contribution in [0.4, 0.5) is 5.82 Å². The van der Waals surface area contributed by atoms with E-state index in [4.69, 9.17) is 16.7 Å². The second-order valence-electron chi connectivity index (χ2n) is 3.14. The Hall–Kier alpha value is -1.29. The highest BCUT2D eigenvalue weighted by molar-refractivity contribution is 6.30. The lowest BCUT2D eigenvalue weighted by Gasteiger charge is -2.04. The fraction of sp³-hybridized carbons (Fsp3) is 0.400. The Morgan fingerprint density at radius 1 is 1.53 bits per heavy atom. The molecule has 1 heterocycles. The molecular formula is C10H13ClN2O2. The largest absolute Gasteiger partial charge is 0.481 e. The second kappa shape index (κ2) is 6.24. The van der Waals surface area contributed by atoms with Crippen molar-refractivity contribution in [2.45, 2.75) is 19.3 Å². The van der Waals surface area contributed by atoms with Gasteiger partial charge in [0.15, 0.2) is 0 Å². The predicted molar refractivity (Wildman–Crippen MR) is 59.2 cm³/mol. The Kier molecular flexibility index (Phi) is 4.90. The molecule has 82 valence electrons. The Bertz CT molecular complexity index is 331. The molecule has 4 nitrogen and oxygen atoms in total. The molecule has 1 aromatic rings. The van der Waals surface area contributed by atoms with Gasteiger partial charge in [0, 0.05) is 24.2 Å². The highest BCUT2D eigenvalue weighted by Gasteiger charge is 1.97. The van der Waals surface area contributed by atoms with Crippen molar-refractivity contribution in [1.82, 2.24) is 4.98 Å². The summed E-state index contributed by atoms with van der Waals surface area (Å²) in [6, 6.07) is 3.44. The average Bonchev–Trinajstić information content (AvgIpc) is 2.17. The van der Waals surface area contributed by atoms with Gasteiger partial charge in [-0.2, -0.15) is 0 Å². The van der Waals surface area contributed by atoms with Crippen LogP contribution in [0.25, 0.3) is 0 Å². The van der Waals surface area contributed by atoms with Crippen molar-refractivity contribution in [3.63, 3.8) is 0 Å². The number of carbonyl (C=O) groups is 1. The number of nitrogens with one attached hydrogen (secondary N) is 1. The molecule has 0 bridgehead atoms. The van der Waals surface area contributed by atoms with Gasteiger partial charge in [0.25, 0.3) is 0 Å². The van der Waals surface area contributed by atoms with Crippen LogP contribution in [0.3, 0.4) is 0 Å². The third-order valence-electron chi connectivity index (χ3n) is 1.85. The van der Waals surface area contributed by atoms with Gasteiger partial charge in [0.2, 0.25) is 0 Å². The molecule has 15 heavy (non-hydrogen) atoms. The number of carboxylic acids is 1. The summed E-state index contributed by atoms with van der Waals surface area (Å²) in [5, 5.41) is 12.1. The zero-order chi connectivity index (χ0) is 11.1. The highest BCUT2D eigenvalue weighted by atomic mass is 35.5. The van der Waals surface area contributed by atoms with Gasteiger partial charge in [-0.25, -0.2) is 4.98 Å². The fourth-order valence-corrected chi connectivity index (χ4v) is 1.28. The Morgan fingerprint density at radius 3 is 3.00 bits per heavy atom. The number of nitrogens with zero attached hydrogens (tertiary/aromatic N) is 1. The van der Waals surface area contributed by atoms with Crippen LogP contribution in [0.5, 0.6) is 0 Å². The molecule has 5 heteroatoms. The molecule has 0 unspecified atom stereocenters. The van der Waals surface area contributed by atoms with Crippen molar-refractivity contribution in [1.29, 1.82) is 0 Å². The number of halogens is 1. The smallest absolute Gasteiger partial charge is 0.303 e. The van der Waals surface area contributed by atoms with Crippen molar-refractivity contribution >= 4 is 23.4 Å². The zero-order valence-corrected chi connectivity index (χ0v) is 9.00. The lowest BCUT2D eigenvalue weighted by Crippen LogP contribution is -2.04. The third kappa shape index (κ3) is 5.22. The molecule has 1 aromatic heterocycles. The van der Waals surface area contributed by atoms with Gasteiger partial charge in [0.1, 0.15) is 5.82 Å². The SMILES string of the molecule is O=C(O)CCCCNc1cc(Cl)ccn1. The molecule has 0 aliphatic rings. The number of hydrogen-bond acceptors (Lipinski definition) is 3. The quantitative estimate of drug-likeness (QED) is 0.734. The number of aromatic nitrogens is 1. The first-order chi connectivity index (χ1) is 7.18. The Balaban J connectivity index is 2.17. The fourth-order valence-electron chi connectivity index (χ4n) is 1.12. The molecule has 1 rings (SSSR count). The molecule has 0 amide bonds. The van der Waals surface area contributed by atoms with E-state index in [1.165, 1.54) is 0 Å². The summed E-state index contributed by atoms with van der Waals surface area (Å²) in [5.41, 5.74) is 0. The molecule has 0 aliphatic heterocycles. The number of unbranched alkanes of at least 4 members (excludes halogenated alkanes) is 1. The minimum Gasteiger partial charge on any atom is -0.481 e. The summed E-state index contributed by atoms with van der Waals surface area (Å²) in [4.78, 5) is 14.3. The maximum atomic E-state index is 10.2. The third-order valence-corrected chi connectivity index (χ3v) is 2.08. The summed E-state index contributed by atoms with van der Waals surface area (Å²) < 4.78 is 0. The molecule has 0 radical (unpaired) electrons. The van der Waals surface area contributed by atoms with Crippen molar-refractivity contribution < 1.29 is 9.90 Å². The number of rotatable bonds is 6. The van der Waals surface area contributed by atoms with Crippen molar-refractivity contribution in [3.05, 3.63) is 23.4 Å². The molecule has 0 saturated heterocycles. The van der Waals surface area contributed by atoms with E-state index in [-0.39, 0.29) is 6.42 Å². The summed E-state index contributed by atoms with van der Waals surface area (Å²) in [7, 11) is 0. The van der Waals surface area contributed by atoms with Crippen molar-refractivity contribution in [3.8, 4) is 0 Å². The minimum atomic E-state index is -0.754. The van der Waals surface area contributed by atoms with E-state index >= 15 is 0 Å². The van der Waals surface area contributed by atoms with Crippen molar-refractivity contribution in [2.24, 2.45) is 0 Å². The van der Waals surface area contributed by atoms with Crippen LogP contribution in [0.2, 0.25) is 5.02 Å². The monoisotopic (exact) mass is 228 g/mol. The Labute approximate surface area is 93.3 Å². The number of hydrogen-bond donors (Lipinski definition) is 2. The van der Waals surface area contributed by atoms with E-state index in [2.05, 4.69) is 10.3 Å². The van der Waals surface area contributed by atoms with Gasteiger partial charge in [-0.05, 0) is 25.0 Å². The normalized spacial score (nSPS) is 9.93. The van der Waals surface area contributed by atoms with E-state index < -0.39 is 5.97 Å². The second-order valence-corrected chi connectivity index (χ2v) is 3.57. The standard InChI is InChI=1S/C10H13ClN2O2/c11-8-4-6-13-9(7-8)12-5-2-1-3-10(14)15/h4,6-7H,1-3,5H2,(H,12,13)(H,14,15). The van der Waals surface area contributed by atoms with Crippen LogP contribution in [-0.2, 0) is 4.79 Å². The molecule has 0 saturated carbocycles. The molecule has 0 fully saturated rings. The molecule has 0 aromatic carbocycles. The molecular weight excluding hydrogens is 216 g/mol. The lowest BCUT2D eigenvalue weighted by molar-refractivity contribution is -0.137. The summed E-state index contributed by atoms with van der Waals surface area (Å²) in [6.45, 7) is 0.709. The van der Waals surface area contributed by atoms with E-state index in [1.807, 2.05) is 0 Å². The van der Waals surface area contributed by atoms with Gasteiger partial charge in [-0.15, -0.1) is 0 Å². The number of pyridine rings is 1. The van der Waals surface area contributed by atoms with E-state index in [0.717, 1.165) is 12.2 Å². The van der Waals surface area contributed by atoms with E-state index in [0.29, 0.717) is 18.0 Å². The maximum absolute atomic E-state index is 10.2. The average molecular weight is 229 g/mol. The first-order valence-electron chi connectivity index (χ1n) is 4.75. The zero-order valence-electron chi connectivity index (χ0n) is 8.24. The van der Waals surface area contributed by atoms with Crippen LogP contribution < -0.4 is 5.32 Å². The summed E-state index contributed by atoms with van der Waals surface area (Å²) in [6.07, 6.45) is 3.32. The molecule has 0 aliphatic carbocycles. The number of aliphatic carboxylic acids is 1. The molecule has 0 spiro atoms. The number of anilines is 1. The summed E-state index contributed by atoms with van der Waals surface area (Å²) >= 11 is 5.77. The van der Waals surface area contributed by atoms with Crippen LogP contribution in [0, 0.1) is 0 Å². The molecule has 0 atom stereocenters. The van der Waals surface area contributed by atoms with Gasteiger partial charge in [0.05, 0.1) is 0 Å². The minimum absolute atomic E-state index is 0.213. The van der Waals surface area contributed by atoms with Crippen LogP contribution in [-0.4, -0.2) is 22.6 Å². The van der Waals surface area contributed by atoms with Crippen LogP contribution >= 0.6 is 11.6 Å². The highest BCUT2D eigenvalue weighted by Crippen LogP contribution is 2.11. The van der Waals surface area contributed by atoms with E-state index in [9.17, 15) is 4.79 Å². The van der Waals surface area contributed by atoms with Crippen LogP contribution in [0.1, 0.15) is 19.3 Å². The topological polar surface area (TPSA) is 62.2 Å². The van der Waals surface area contributed by atoms with Gasteiger partial charge in [-0.1, -0.05) is 11.6 Å². The first-order valence-corrected chi connectivity index (χ1v) is 5.13. The van der Waals surface area contributed by atoms with Gasteiger partial charge in [-0.3, -0.25) is 4.79 Å². The van der Waals surface area contributed by atoms with Gasteiger partial charge >= 0.3 is 5.97 Å². The summed E-state index contributed by atoms with van der Waals surface area (Å²) in [5.74, 6) is -0.0336. The van der Waals surface area contributed by atoms with Gasteiger partial charge < -0.3 is 10.4 Å². The predicted octanol–water partition coefficient (Wildman–Crippen LogP) is 2.40. The van der Waals surface area contributed by atoms with Crippen molar-refractivity contribution in [2.75, 3.05) is 11.9 Å². The Morgan fingerprint density at radius 2 is 2.33 bits per heavy atom.